The van der Waals surface area contributed by atoms with Crippen LogP contribution in [0.1, 0.15) is 29.1 Å². The minimum atomic E-state index is -0.619. The summed E-state index contributed by atoms with van der Waals surface area (Å²) >= 11 is 13.4. The van der Waals surface area contributed by atoms with Crippen molar-refractivity contribution < 1.29 is 18.8 Å². The number of thioether (sulfide) groups is 1. The summed E-state index contributed by atoms with van der Waals surface area (Å²) in [5.41, 5.74) is 2.05. The molecule has 0 N–H and O–H groups in total. The number of rotatable bonds is 11. The van der Waals surface area contributed by atoms with Gasteiger partial charge in [0.15, 0.2) is 16.7 Å². The molecule has 1 atom stereocenters. The number of halogens is 3. The first-order valence-corrected chi connectivity index (χ1v) is 13.2. The van der Waals surface area contributed by atoms with E-state index in [1.807, 2.05) is 6.92 Å². The van der Waals surface area contributed by atoms with Crippen LogP contribution in [0.4, 0.5) is 4.39 Å². The first kappa shape index (κ1) is 27.7. The molecule has 1 heterocycles. The largest absolute Gasteiger partial charge is 0.490 e. The van der Waals surface area contributed by atoms with Crippen LogP contribution in [0.3, 0.4) is 0 Å². The summed E-state index contributed by atoms with van der Waals surface area (Å²) in [6.07, 6.45) is 0. The fourth-order valence-electron chi connectivity index (χ4n) is 3.69. The first-order valence-electron chi connectivity index (χ1n) is 11.5. The number of aryl methyl sites for hydroxylation is 1. The Bertz CT molecular complexity index is 1440. The van der Waals surface area contributed by atoms with Crippen molar-refractivity contribution in [3.05, 3.63) is 104 Å². The number of nitrogens with zero attached hydrogens (tertiary/aromatic N) is 4. The summed E-state index contributed by atoms with van der Waals surface area (Å²) in [5.74, 6) is 1.11. The molecule has 0 saturated carbocycles. The van der Waals surface area contributed by atoms with E-state index < -0.39 is 5.25 Å². The van der Waals surface area contributed by atoms with E-state index in [2.05, 4.69) is 10.2 Å². The van der Waals surface area contributed by atoms with E-state index in [9.17, 15) is 14.5 Å². The van der Waals surface area contributed by atoms with Gasteiger partial charge < -0.3 is 9.47 Å². The Morgan fingerprint density at radius 2 is 1.82 bits per heavy atom. The molecule has 0 spiro atoms. The maximum absolute atomic E-state index is 13.5. The average molecular weight is 577 g/mol. The first-order chi connectivity index (χ1) is 18.2. The second kappa shape index (κ2) is 12.5. The van der Waals surface area contributed by atoms with Crippen molar-refractivity contribution in [2.24, 2.45) is 0 Å². The topological polar surface area (TPSA) is 92.3 Å². The van der Waals surface area contributed by atoms with Crippen molar-refractivity contribution in [3.63, 3.8) is 0 Å². The smallest absolute Gasteiger partial charge is 0.220 e. The predicted octanol–water partition coefficient (Wildman–Crippen LogP) is 7.11. The number of hydrogen-bond donors (Lipinski definition) is 0. The maximum Gasteiger partial charge on any atom is 0.220 e. The molecule has 0 aliphatic heterocycles. The lowest BCUT2D eigenvalue weighted by Crippen LogP contribution is -2.12. The second-order valence-corrected chi connectivity index (χ2v) is 10.1. The van der Waals surface area contributed by atoms with Crippen LogP contribution >= 0.6 is 35.0 Å². The fraction of sp³-hybridized carbons (Fsp3) is 0.231. The van der Waals surface area contributed by atoms with E-state index in [0.29, 0.717) is 50.4 Å². The van der Waals surface area contributed by atoms with Crippen molar-refractivity contribution in [3.8, 4) is 17.2 Å². The Balaban J connectivity index is 1.62. The second-order valence-electron chi connectivity index (χ2n) is 8.13. The molecule has 1 aromatic heterocycles. The Morgan fingerprint density at radius 1 is 1.05 bits per heavy atom. The lowest BCUT2D eigenvalue weighted by atomic mass is 10.1. The summed E-state index contributed by atoms with van der Waals surface area (Å²) in [7, 11) is 0. The number of aromatic nitrogens is 3. The van der Waals surface area contributed by atoms with Gasteiger partial charge in [0.05, 0.1) is 6.61 Å². The van der Waals surface area contributed by atoms with Crippen molar-refractivity contribution in [2.75, 3.05) is 13.2 Å². The Morgan fingerprint density at radius 3 is 2.50 bits per heavy atom. The van der Waals surface area contributed by atoms with E-state index in [4.69, 9.17) is 32.7 Å². The minimum absolute atomic E-state index is 0.183. The highest BCUT2D eigenvalue weighted by molar-refractivity contribution is 7.99. The van der Waals surface area contributed by atoms with Crippen molar-refractivity contribution >= 4 is 35.0 Å². The van der Waals surface area contributed by atoms with Gasteiger partial charge in [0.2, 0.25) is 6.54 Å². The van der Waals surface area contributed by atoms with Crippen LogP contribution in [0.25, 0.3) is 5.69 Å². The molecule has 38 heavy (non-hydrogen) atoms. The Hall–Kier alpha value is -3.34. The van der Waals surface area contributed by atoms with Gasteiger partial charge in [-0.2, -0.15) is 0 Å². The SMILES string of the molecule is CCOc1cc([C@H](C[N+](=O)[O-])Sc2nnc(C)n2-c2ccc(F)cc2)ccc1OCc1ccc(Cl)cc1Cl. The van der Waals surface area contributed by atoms with Crippen LogP contribution < -0.4 is 9.47 Å². The van der Waals surface area contributed by atoms with Gasteiger partial charge in [-0.3, -0.25) is 14.7 Å². The number of benzene rings is 3. The highest BCUT2D eigenvalue weighted by Gasteiger charge is 2.25. The van der Waals surface area contributed by atoms with Crippen LogP contribution in [-0.4, -0.2) is 32.8 Å². The van der Waals surface area contributed by atoms with Crippen molar-refractivity contribution in [1.82, 2.24) is 14.8 Å². The van der Waals surface area contributed by atoms with Crippen LogP contribution in [0.5, 0.6) is 11.5 Å². The molecule has 0 fully saturated rings. The van der Waals surface area contributed by atoms with Gasteiger partial charge in [0, 0.05) is 26.2 Å². The van der Waals surface area contributed by atoms with E-state index in [-0.39, 0.29) is 23.9 Å². The third-order valence-electron chi connectivity index (χ3n) is 5.48. The van der Waals surface area contributed by atoms with Crippen LogP contribution in [-0.2, 0) is 6.61 Å². The number of ether oxygens (including phenoxy) is 2. The molecule has 0 aliphatic carbocycles. The molecule has 3 aromatic carbocycles. The summed E-state index contributed by atoms with van der Waals surface area (Å²) < 4.78 is 27.0. The van der Waals surface area contributed by atoms with Crippen LogP contribution in [0, 0.1) is 22.9 Å². The third-order valence-corrected chi connectivity index (χ3v) is 7.25. The van der Waals surface area contributed by atoms with Gasteiger partial charge >= 0.3 is 0 Å². The molecule has 0 amide bonds. The number of hydrogen-bond acceptors (Lipinski definition) is 7. The summed E-state index contributed by atoms with van der Waals surface area (Å²) in [4.78, 5) is 11.2. The molecule has 0 aliphatic rings. The average Bonchev–Trinajstić information content (AvgIpc) is 3.24. The van der Waals surface area contributed by atoms with Crippen molar-refractivity contribution in [2.45, 2.75) is 30.9 Å². The summed E-state index contributed by atoms with van der Waals surface area (Å²) in [6.45, 7) is 3.78. The molecule has 0 saturated heterocycles. The molecule has 4 aromatic rings. The van der Waals surface area contributed by atoms with Crippen LogP contribution in [0.2, 0.25) is 10.0 Å². The van der Waals surface area contributed by atoms with Gasteiger partial charge in [0.25, 0.3) is 0 Å². The van der Waals surface area contributed by atoms with Crippen molar-refractivity contribution in [1.29, 1.82) is 0 Å². The highest BCUT2D eigenvalue weighted by atomic mass is 35.5. The third kappa shape index (κ3) is 6.75. The monoisotopic (exact) mass is 576 g/mol. The summed E-state index contributed by atoms with van der Waals surface area (Å²) in [6, 6.07) is 16.2. The predicted molar refractivity (Wildman–Crippen MR) is 145 cm³/mol. The normalized spacial score (nSPS) is 11.8. The van der Waals surface area contributed by atoms with E-state index in [1.165, 1.54) is 23.9 Å². The zero-order valence-electron chi connectivity index (χ0n) is 20.4. The highest BCUT2D eigenvalue weighted by Crippen LogP contribution is 2.40. The van der Waals surface area contributed by atoms with Crippen LogP contribution in [0.15, 0.2) is 65.8 Å². The molecule has 4 rings (SSSR count). The fourth-order valence-corrected chi connectivity index (χ4v) is 5.31. The minimum Gasteiger partial charge on any atom is -0.490 e. The van der Waals surface area contributed by atoms with E-state index in [0.717, 1.165) is 5.56 Å². The zero-order chi connectivity index (χ0) is 27.2. The lowest BCUT2D eigenvalue weighted by molar-refractivity contribution is -0.479. The molecular formula is C26H23Cl2FN4O4S. The van der Waals surface area contributed by atoms with Gasteiger partial charge in [0.1, 0.15) is 23.5 Å². The number of nitro groups is 1. The molecule has 0 unspecified atom stereocenters. The standard InChI is InChI=1S/C26H23Cl2FN4O4S/c1-3-36-24-12-17(5-11-23(24)37-15-18-4-6-19(27)13-22(18)28)25(14-32(34)35)38-26-31-30-16(2)33(26)21-9-7-20(29)8-10-21/h4-13,25H,3,14-15H2,1-2H3/t25-/m0/s1. The quantitative estimate of drug-likeness (QED) is 0.107. The maximum atomic E-state index is 13.5. The molecule has 0 bridgehead atoms. The lowest BCUT2D eigenvalue weighted by Gasteiger charge is -2.18. The Labute approximate surface area is 232 Å². The Kier molecular flexibility index (Phi) is 9.09. The van der Waals surface area contributed by atoms with Gasteiger partial charge in [-0.05, 0) is 67.9 Å². The molecule has 198 valence electrons. The zero-order valence-corrected chi connectivity index (χ0v) is 22.8. The van der Waals surface area contributed by atoms with Gasteiger partial charge in [-0.1, -0.05) is 47.1 Å². The van der Waals surface area contributed by atoms with E-state index in [1.54, 1.807) is 60.0 Å². The molecule has 8 nitrogen and oxygen atoms in total. The van der Waals surface area contributed by atoms with Gasteiger partial charge in [-0.25, -0.2) is 4.39 Å². The molecule has 0 radical (unpaired) electrons. The molecular weight excluding hydrogens is 554 g/mol. The molecule has 12 heteroatoms. The van der Waals surface area contributed by atoms with E-state index >= 15 is 0 Å². The summed E-state index contributed by atoms with van der Waals surface area (Å²) in [5, 5.41) is 20.8. The van der Waals surface area contributed by atoms with Gasteiger partial charge in [-0.15, -0.1) is 10.2 Å².